The Morgan fingerprint density at radius 3 is 2.61 bits per heavy atom. The van der Waals surface area contributed by atoms with E-state index in [0.29, 0.717) is 51.8 Å². The van der Waals surface area contributed by atoms with Crippen LogP contribution in [0.25, 0.3) is 32.5 Å². The number of rotatable bonds is 9. The molecule has 1 N–H and O–H groups in total. The van der Waals surface area contributed by atoms with Crippen molar-refractivity contribution in [1.82, 2.24) is 30.0 Å². The minimum atomic E-state index is -4.35. The number of aromatic nitrogens is 4. The molecule has 0 aliphatic carbocycles. The second-order valence-electron chi connectivity index (χ2n) is 10.9. The molecule has 2 aliphatic heterocycles. The Balaban J connectivity index is 1.12. The number of anilines is 1. The van der Waals surface area contributed by atoms with Gasteiger partial charge in [0.2, 0.25) is 5.91 Å². The molecular formula is C30H32F3N7O3S. The first-order chi connectivity index (χ1) is 21.2. The van der Waals surface area contributed by atoms with E-state index in [2.05, 4.69) is 26.1 Å². The lowest BCUT2D eigenvalue weighted by molar-refractivity contribution is -0.134. The third-order valence-corrected chi connectivity index (χ3v) is 8.89. The van der Waals surface area contributed by atoms with Gasteiger partial charge in [0.15, 0.2) is 17.4 Å². The average Bonchev–Trinajstić information content (AvgIpc) is 3.66. The third-order valence-electron chi connectivity index (χ3n) is 7.78. The van der Waals surface area contributed by atoms with E-state index < -0.39 is 18.4 Å². The number of hydrogen-bond donors (Lipinski definition) is 1. The van der Waals surface area contributed by atoms with Gasteiger partial charge < -0.3 is 14.5 Å². The Morgan fingerprint density at radius 2 is 1.84 bits per heavy atom. The predicted molar refractivity (Wildman–Crippen MR) is 161 cm³/mol. The van der Waals surface area contributed by atoms with E-state index >= 15 is 0 Å². The number of nitrogens with zero attached hydrogens (tertiary/aromatic N) is 6. The molecule has 2 saturated heterocycles. The molecule has 0 bridgehead atoms. The van der Waals surface area contributed by atoms with Crippen molar-refractivity contribution in [3.8, 4) is 11.4 Å². The molecule has 0 atom stereocenters. The number of aromatic amines is 1. The zero-order chi connectivity index (χ0) is 30.7. The number of carbonyl (C=O) groups is 2. The molecule has 0 radical (unpaired) electrons. The minimum Gasteiger partial charge on any atom is -0.378 e. The van der Waals surface area contributed by atoms with Crippen molar-refractivity contribution in [2.75, 3.05) is 57.4 Å². The van der Waals surface area contributed by atoms with E-state index in [4.69, 9.17) is 14.7 Å². The van der Waals surface area contributed by atoms with Crippen LogP contribution in [0.3, 0.4) is 0 Å². The van der Waals surface area contributed by atoms with Crippen molar-refractivity contribution in [3.63, 3.8) is 0 Å². The summed E-state index contributed by atoms with van der Waals surface area (Å²) in [4.78, 5) is 42.0. The lowest BCUT2D eigenvalue weighted by atomic mass is 10.1. The standard InChI is InChI=1S/C30H32F3N7O3S/c31-30(32,33)8-2-3-20(41)6-7-26(42)39-11-9-38(10-12-39)19-21-17-25-27(44-21)29(40-13-15-43-16-14-40)36-28(35-25)22-4-1-5-24-23(22)18-34-37-24/h1-5,17-18H,6-16,19H2,(H,34,37). The van der Waals surface area contributed by atoms with Gasteiger partial charge >= 0.3 is 6.18 Å². The number of carbonyl (C=O) groups excluding carboxylic acids is 2. The molecule has 0 spiro atoms. The number of nitrogens with one attached hydrogen (secondary N) is 1. The Morgan fingerprint density at radius 1 is 1.05 bits per heavy atom. The Labute approximate surface area is 255 Å². The number of piperazine rings is 1. The summed E-state index contributed by atoms with van der Waals surface area (Å²) in [6.07, 6.45) is -2.10. The van der Waals surface area contributed by atoms with Crippen LogP contribution in [0.1, 0.15) is 24.1 Å². The normalized spacial score (nSPS) is 16.9. The summed E-state index contributed by atoms with van der Waals surface area (Å²) in [6.45, 7) is 5.90. The predicted octanol–water partition coefficient (Wildman–Crippen LogP) is 4.57. The molecule has 0 unspecified atom stereocenters. The monoisotopic (exact) mass is 627 g/mol. The van der Waals surface area contributed by atoms with Gasteiger partial charge in [0.05, 0.1) is 41.6 Å². The second-order valence-corrected chi connectivity index (χ2v) is 12.0. The number of ketones is 1. The van der Waals surface area contributed by atoms with Crippen molar-refractivity contribution in [2.24, 2.45) is 0 Å². The van der Waals surface area contributed by atoms with Crippen LogP contribution in [0, 0.1) is 0 Å². The fourth-order valence-corrected chi connectivity index (χ4v) is 6.64. The number of amides is 1. The zero-order valence-corrected chi connectivity index (χ0v) is 24.8. The summed E-state index contributed by atoms with van der Waals surface area (Å²) in [5, 5.41) is 8.17. The molecule has 0 saturated carbocycles. The SMILES string of the molecule is O=C(C=CCC(F)(F)F)CCC(=O)N1CCN(Cc2cc3nc(-c4cccc5[nH]ncc45)nc(N4CCOCC4)c3s2)CC1. The lowest BCUT2D eigenvalue weighted by Gasteiger charge is -2.34. The van der Waals surface area contributed by atoms with Gasteiger partial charge in [0.25, 0.3) is 0 Å². The van der Waals surface area contributed by atoms with E-state index in [9.17, 15) is 22.8 Å². The number of halogens is 3. The molecule has 44 heavy (non-hydrogen) atoms. The van der Waals surface area contributed by atoms with Crippen molar-refractivity contribution >= 4 is 50.0 Å². The molecule has 1 aromatic carbocycles. The number of H-pyrrole nitrogens is 1. The van der Waals surface area contributed by atoms with E-state index in [-0.39, 0.29) is 18.7 Å². The van der Waals surface area contributed by atoms with Gasteiger partial charge in [-0.25, -0.2) is 9.97 Å². The number of morpholine rings is 1. The average molecular weight is 628 g/mol. The number of alkyl halides is 3. The highest BCUT2D eigenvalue weighted by atomic mass is 32.1. The maximum atomic E-state index is 12.6. The maximum Gasteiger partial charge on any atom is 0.392 e. The summed E-state index contributed by atoms with van der Waals surface area (Å²) < 4.78 is 43.4. The lowest BCUT2D eigenvalue weighted by Crippen LogP contribution is -2.48. The molecular weight excluding hydrogens is 595 g/mol. The number of ether oxygens (including phenoxy) is 1. The minimum absolute atomic E-state index is 0.0106. The smallest absolute Gasteiger partial charge is 0.378 e. The first kappa shape index (κ1) is 30.2. The number of benzene rings is 1. The highest BCUT2D eigenvalue weighted by Gasteiger charge is 2.26. The number of hydrogen-bond acceptors (Lipinski definition) is 9. The molecule has 2 fully saturated rings. The molecule has 1 amide bonds. The summed E-state index contributed by atoms with van der Waals surface area (Å²) in [7, 11) is 0. The molecule has 4 aromatic rings. The van der Waals surface area contributed by atoms with Crippen molar-refractivity contribution in [1.29, 1.82) is 0 Å². The fraction of sp³-hybridized carbons (Fsp3) is 0.433. The van der Waals surface area contributed by atoms with Gasteiger partial charge in [-0.05, 0) is 18.2 Å². The van der Waals surface area contributed by atoms with E-state index in [1.54, 1.807) is 22.4 Å². The fourth-order valence-electron chi connectivity index (χ4n) is 5.49. The Bertz CT molecular complexity index is 1670. The van der Waals surface area contributed by atoms with Crippen LogP contribution in [-0.4, -0.2) is 100 Å². The van der Waals surface area contributed by atoms with Crippen LogP contribution in [0.15, 0.2) is 42.6 Å². The topological polar surface area (TPSA) is 108 Å². The first-order valence-electron chi connectivity index (χ1n) is 14.6. The first-order valence-corrected chi connectivity index (χ1v) is 15.4. The van der Waals surface area contributed by atoms with Gasteiger partial charge in [-0.3, -0.25) is 19.6 Å². The van der Waals surface area contributed by atoms with Gasteiger partial charge in [-0.15, -0.1) is 11.3 Å². The largest absolute Gasteiger partial charge is 0.392 e. The summed E-state index contributed by atoms with van der Waals surface area (Å²) in [5.74, 6) is 0.921. The van der Waals surface area contributed by atoms with Crippen LogP contribution in [0.5, 0.6) is 0 Å². The highest BCUT2D eigenvalue weighted by molar-refractivity contribution is 7.19. The van der Waals surface area contributed by atoms with Crippen LogP contribution in [-0.2, 0) is 20.9 Å². The molecule has 3 aromatic heterocycles. The van der Waals surface area contributed by atoms with Crippen molar-refractivity contribution < 1.29 is 27.5 Å². The molecule has 5 heterocycles. The Hall–Kier alpha value is -3.88. The van der Waals surface area contributed by atoms with Crippen molar-refractivity contribution in [3.05, 3.63) is 47.5 Å². The molecule has 10 nitrogen and oxygen atoms in total. The molecule has 6 rings (SSSR count). The van der Waals surface area contributed by atoms with Gasteiger partial charge in [0, 0.05) is 74.5 Å². The molecule has 2 aliphatic rings. The summed E-state index contributed by atoms with van der Waals surface area (Å²) in [6, 6.07) is 8.08. The van der Waals surface area contributed by atoms with E-state index in [1.807, 2.05) is 18.2 Å². The van der Waals surface area contributed by atoms with Gasteiger partial charge in [0.1, 0.15) is 0 Å². The second kappa shape index (κ2) is 13.0. The zero-order valence-electron chi connectivity index (χ0n) is 24.0. The van der Waals surface area contributed by atoms with E-state index in [1.165, 1.54) is 0 Å². The van der Waals surface area contributed by atoms with Crippen LogP contribution >= 0.6 is 11.3 Å². The molecule has 14 heteroatoms. The highest BCUT2D eigenvalue weighted by Crippen LogP contribution is 2.36. The summed E-state index contributed by atoms with van der Waals surface area (Å²) >= 11 is 1.68. The van der Waals surface area contributed by atoms with Crippen LogP contribution in [0.2, 0.25) is 0 Å². The Kier molecular flexibility index (Phi) is 8.91. The van der Waals surface area contributed by atoms with Crippen molar-refractivity contribution in [2.45, 2.75) is 32.0 Å². The van der Waals surface area contributed by atoms with Gasteiger partial charge in [-0.1, -0.05) is 18.2 Å². The third kappa shape index (κ3) is 7.08. The van der Waals surface area contributed by atoms with E-state index in [0.717, 1.165) is 62.6 Å². The summed E-state index contributed by atoms with van der Waals surface area (Å²) in [5.41, 5.74) is 2.73. The maximum absolute atomic E-state index is 12.6. The van der Waals surface area contributed by atoms with Crippen LogP contribution < -0.4 is 4.90 Å². The quantitative estimate of drug-likeness (QED) is 0.269. The molecule has 232 valence electrons. The van der Waals surface area contributed by atoms with Gasteiger partial charge in [-0.2, -0.15) is 18.3 Å². The number of thiophene rings is 1. The number of fused-ring (bicyclic) bond motifs is 2. The number of allylic oxidation sites excluding steroid dienone is 2. The van der Waals surface area contributed by atoms with Crippen LogP contribution in [0.4, 0.5) is 19.0 Å².